The Kier molecular flexibility index (Phi) is 11.6. The number of hydrogen-bond acceptors (Lipinski definition) is 6. The van der Waals surface area contributed by atoms with Crippen LogP contribution in [0.15, 0.2) is 34.6 Å². The first-order valence-corrected chi connectivity index (χ1v) is 11.4. The van der Waals surface area contributed by atoms with Crippen molar-refractivity contribution in [3.05, 3.63) is 45.9 Å². The molecule has 9 heteroatoms. The van der Waals surface area contributed by atoms with E-state index in [1.807, 2.05) is 32.2 Å². The number of nitrogens with zero attached hydrogens (tertiary/aromatic N) is 4. The first kappa shape index (κ1) is 25.8. The molecule has 0 amide bonds. The summed E-state index contributed by atoms with van der Waals surface area (Å²) >= 11 is 1.68. The molecule has 1 aromatic carbocycles. The third kappa shape index (κ3) is 8.55. The highest BCUT2D eigenvalue weighted by atomic mass is 127. The SMILES string of the molecule is CCNC(=NCc1ccccc1OCCN1CCOCC1)N(C)Cc1csc(C)n1.I. The summed E-state index contributed by atoms with van der Waals surface area (Å²) in [5.41, 5.74) is 2.16. The molecule has 1 aliphatic heterocycles. The van der Waals surface area contributed by atoms with Gasteiger partial charge in [-0.15, -0.1) is 35.3 Å². The average molecular weight is 560 g/mol. The number of hydrogen-bond donors (Lipinski definition) is 1. The number of benzene rings is 1. The maximum absolute atomic E-state index is 6.10. The van der Waals surface area contributed by atoms with Crippen LogP contribution in [0.1, 0.15) is 23.2 Å². The number of morpholine rings is 1. The van der Waals surface area contributed by atoms with Gasteiger partial charge >= 0.3 is 0 Å². The number of aliphatic imine (C=N–C) groups is 1. The van der Waals surface area contributed by atoms with Gasteiger partial charge in [0.2, 0.25) is 0 Å². The molecule has 1 aromatic heterocycles. The van der Waals surface area contributed by atoms with Gasteiger partial charge in [-0.05, 0) is 19.9 Å². The summed E-state index contributed by atoms with van der Waals surface area (Å²) < 4.78 is 11.5. The van der Waals surface area contributed by atoms with Crippen LogP contribution in [0, 0.1) is 6.92 Å². The maximum Gasteiger partial charge on any atom is 0.194 e. The maximum atomic E-state index is 6.10. The number of aromatic nitrogens is 1. The van der Waals surface area contributed by atoms with Crippen LogP contribution in [0.3, 0.4) is 0 Å². The minimum atomic E-state index is 0. The van der Waals surface area contributed by atoms with Gasteiger partial charge in [-0.1, -0.05) is 18.2 Å². The molecule has 172 valence electrons. The molecule has 1 fully saturated rings. The van der Waals surface area contributed by atoms with Crippen molar-refractivity contribution in [2.45, 2.75) is 26.9 Å². The fourth-order valence-corrected chi connectivity index (χ4v) is 3.92. The third-order valence-electron chi connectivity index (χ3n) is 4.90. The minimum Gasteiger partial charge on any atom is -0.492 e. The Hall–Kier alpha value is -1.43. The van der Waals surface area contributed by atoms with E-state index in [2.05, 4.69) is 38.5 Å². The molecule has 1 aliphatic rings. The molecule has 0 saturated carbocycles. The zero-order valence-electron chi connectivity index (χ0n) is 18.7. The number of thiazole rings is 1. The van der Waals surface area contributed by atoms with E-state index in [9.17, 15) is 0 Å². The van der Waals surface area contributed by atoms with Gasteiger partial charge in [-0.25, -0.2) is 9.98 Å². The van der Waals surface area contributed by atoms with Gasteiger partial charge in [0.1, 0.15) is 12.4 Å². The van der Waals surface area contributed by atoms with Crippen LogP contribution in [-0.4, -0.2) is 73.8 Å². The van der Waals surface area contributed by atoms with Gasteiger partial charge in [0, 0.05) is 44.2 Å². The van der Waals surface area contributed by atoms with Crippen molar-refractivity contribution in [2.75, 3.05) is 53.0 Å². The normalized spacial score (nSPS) is 14.7. The lowest BCUT2D eigenvalue weighted by molar-refractivity contribution is 0.0322. The van der Waals surface area contributed by atoms with Crippen molar-refractivity contribution in [1.29, 1.82) is 0 Å². The number of aryl methyl sites for hydroxylation is 1. The predicted octanol–water partition coefficient (Wildman–Crippen LogP) is 3.38. The molecule has 1 saturated heterocycles. The van der Waals surface area contributed by atoms with E-state index in [0.717, 1.165) is 73.9 Å². The number of para-hydroxylation sites is 1. The number of guanidine groups is 1. The van der Waals surface area contributed by atoms with Crippen LogP contribution >= 0.6 is 35.3 Å². The van der Waals surface area contributed by atoms with Crippen molar-refractivity contribution < 1.29 is 9.47 Å². The summed E-state index contributed by atoms with van der Waals surface area (Å²) in [6, 6.07) is 8.16. The molecule has 0 spiro atoms. The second-order valence-electron chi connectivity index (χ2n) is 7.29. The quantitative estimate of drug-likeness (QED) is 0.289. The molecule has 2 aromatic rings. The molecule has 2 heterocycles. The first-order chi connectivity index (χ1) is 14.7. The molecule has 1 N–H and O–H groups in total. The zero-order chi connectivity index (χ0) is 21.2. The van der Waals surface area contributed by atoms with Crippen molar-refractivity contribution in [1.82, 2.24) is 20.1 Å². The Labute approximate surface area is 206 Å². The summed E-state index contributed by atoms with van der Waals surface area (Å²) in [6.07, 6.45) is 0. The van der Waals surface area contributed by atoms with E-state index >= 15 is 0 Å². The molecule has 0 unspecified atom stereocenters. The van der Waals surface area contributed by atoms with Gasteiger partial charge in [-0.2, -0.15) is 0 Å². The predicted molar refractivity (Wildman–Crippen MR) is 138 cm³/mol. The van der Waals surface area contributed by atoms with E-state index in [-0.39, 0.29) is 24.0 Å². The number of nitrogens with one attached hydrogen (secondary N) is 1. The summed E-state index contributed by atoms with van der Waals surface area (Å²) in [5.74, 6) is 1.77. The summed E-state index contributed by atoms with van der Waals surface area (Å²) in [7, 11) is 2.04. The highest BCUT2D eigenvalue weighted by Crippen LogP contribution is 2.19. The molecular formula is C22H34IN5O2S. The number of ether oxygens (including phenoxy) is 2. The van der Waals surface area contributed by atoms with Crippen LogP contribution < -0.4 is 10.1 Å². The van der Waals surface area contributed by atoms with Gasteiger partial charge < -0.3 is 19.7 Å². The van der Waals surface area contributed by atoms with E-state index < -0.39 is 0 Å². The lowest BCUT2D eigenvalue weighted by Crippen LogP contribution is -2.38. The largest absolute Gasteiger partial charge is 0.492 e. The van der Waals surface area contributed by atoms with Crippen molar-refractivity contribution in [3.63, 3.8) is 0 Å². The standard InChI is InChI=1S/C22H33N5O2S.HI/c1-4-23-22(26(3)16-20-17-30-18(2)25-20)24-15-19-7-5-6-8-21(19)29-14-11-27-9-12-28-13-10-27;/h5-8,17H,4,9-16H2,1-3H3,(H,23,24);1H. The van der Waals surface area contributed by atoms with Gasteiger partial charge in [0.05, 0.1) is 37.0 Å². The highest BCUT2D eigenvalue weighted by molar-refractivity contribution is 14.0. The highest BCUT2D eigenvalue weighted by Gasteiger charge is 2.12. The molecule has 0 aliphatic carbocycles. The second kappa shape index (κ2) is 13.9. The van der Waals surface area contributed by atoms with Crippen molar-refractivity contribution >= 4 is 41.3 Å². The molecule has 31 heavy (non-hydrogen) atoms. The van der Waals surface area contributed by atoms with Gasteiger partial charge in [0.15, 0.2) is 5.96 Å². The first-order valence-electron chi connectivity index (χ1n) is 10.6. The number of halogens is 1. The Bertz CT molecular complexity index is 811. The molecule has 3 rings (SSSR count). The third-order valence-corrected chi connectivity index (χ3v) is 5.73. The van der Waals surface area contributed by atoms with Crippen LogP contribution in [0.4, 0.5) is 0 Å². The fourth-order valence-electron chi connectivity index (χ4n) is 3.31. The average Bonchev–Trinajstić information content (AvgIpc) is 3.17. The Balaban J connectivity index is 0.00000341. The summed E-state index contributed by atoms with van der Waals surface area (Å²) in [5, 5.41) is 6.57. The van der Waals surface area contributed by atoms with Crippen LogP contribution in [0.2, 0.25) is 0 Å². The minimum absolute atomic E-state index is 0. The smallest absolute Gasteiger partial charge is 0.194 e. The zero-order valence-corrected chi connectivity index (χ0v) is 21.8. The lowest BCUT2D eigenvalue weighted by atomic mass is 10.2. The van der Waals surface area contributed by atoms with E-state index in [4.69, 9.17) is 14.5 Å². The van der Waals surface area contributed by atoms with Crippen molar-refractivity contribution in [2.24, 2.45) is 4.99 Å². The molecule has 0 radical (unpaired) electrons. The van der Waals surface area contributed by atoms with Gasteiger partial charge in [0.25, 0.3) is 0 Å². The van der Waals surface area contributed by atoms with Crippen LogP contribution in [0.5, 0.6) is 5.75 Å². The molecular weight excluding hydrogens is 525 g/mol. The topological polar surface area (TPSA) is 62.2 Å². The van der Waals surface area contributed by atoms with E-state index in [1.165, 1.54) is 0 Å². The van der Waals surface area contributed by atoms with E-state index in [1.54, 1.807) is 11.3 Å². The monoisotopic (exact) mass is 559 g/mol. The van der Waals surface area contributed by atoms with Crippen LogP contribution in [-0.2, 0) is 17.8 Å². The Morgan fingerprint density at radius 2 is 2.10 bits per heavy atom. The van der Waals surface area contributed by atoms with Gasteiger partial charge in [-0.3, -0.25) is 4.90 Å². The molecule has 7 nitrogen and oxygen atoms in total. The van der Waals surface area contributed by atoms with Crippen LogP contribution in [0.25, 0.3) is 0 Å². The van der Waals surface area contributed by atoms with E-state index in [0.29, 0.717) is 13.2 Å². The summed E-state index contributed by atoms with van der Waals surface area (Å²) in [6.45, 7) is 11.4. The fraction of sp³-hybridized carbons (Fsp3) is 0.545. The molecule has 0 bridgehead atoms. The Morgan fingerprint density at radius 3 is 2.81 bits per heavy atom. The Morgan fingerprint density at radius 1 is 1.32 bits per heavy atom. The number of rotatable bonds is 9. The summed E-state index contributed by atoms with van der Waals surface area (Å²) in [4.78, 5) is 13.9. The second-order valence-corrected chi connectivity index (χ2v) is 8.36. The lowest BCUT2D eigenvalue weighted by Gasteiger charge is -2.26. The molecule has 0 atom stereocenters. The van der Waals surface area contributed by atoms with Crippen molar-refractivity contribution in [3.8, 4) is 5.75 Å².